The van der Waals surface area contributed by atoms with Crippen LogP contribution in [-0.4, -0.2) is 17.9 Å². The van der Waals surface area contributed by atoms with Gasteiger partial charge in [0.25, 0.3) is 5.91 Å². The third kappa shape index (κ3) is 5.18. The highest BCUT2D eigenvalue weighted by Crippen LogP contribution is 2.47. The van der Waals surface area contributed by atoms with Crippen LogP contribution in [0.1, 0.15) is 89.9 Å². The molecule has 0 aromatic carbocycles. The van der Waals surface area contributed by atoms with Gasteiger partial charge in [-0.25, -0.2) is 4.79 Å². The minimum Gasteiger partial charge on any atom is -0.373 e. The molecule has 0 spiro atoms. The first kappa shape index (κ1) is 21.6. The van der Waals surface area contributed by atoms with Gasteiger partial charge in [-0.2, -0.15) is 10.8 Å². The number of carbonyl (C=O) groups excluding carboxylic acids is 2. The summed E-state index contributed by atoms with van der Waals surface area (Å²) in [4.78, 5) is 49.5. The quantitative estimate of drug-likeness (QED) is 0.288. The van der Waals surface area contributed by atoms with Crippen molar-refractivity contribution in [2.24, 2.45) is 27.1 Å². The Balaban J connectivity index is 1.61. The maximum atomic E-state index is 11.8. The van der Waals surface area contributed by atoms with Crippen LogP contribution in [0.5, 0.6) is 0 Å². The van der Waals surface area contributed by atoms with E-state index in [1.165, 1.54) is 0 Å². The van der Waals surface area contributed by atoms with Gasteiger partial charge in [0.1, 0.15) is 0 Å². The number of unbranched alkanes of at least 4 members (excludes halogenated alkanes) is 2. The fraction of sp³-hybridized carbons (Fsp3) is 0.895. The molecule has 8 heteroatoms. The molecule has 2 N–H and O–H groups in total. The lowest BCUT2D eigenvalue weighted by atomic mass is 9.65. The van der Waals surface area contributed by atoms with E-state index < -0.39 is 16.7 Å². The number of amides is 1. The van der Waals surface area contributed by atoms with E-state index in [-0.39, 0.29) is 12.0 Å². The SMILES string of the molecule is NOC(=O)C1(CCCCC(CCCCC2(C(=O)N=O)CCC2)N=O)CCC1. The monoisotopic (exact) mass is 381 g/mol. The molecule has 8 nitrogen and oxygen atoms in total. The number of nitrogens with two attached hydrogens (primary N) is 1. The summed E-state index contributed by atoms with van der Waals surface area (Å²) < 4.78 is 0. The van der Waals surface area contributed by atoms with Crippen LogP contribution < -0.4 is 5.90 Å². The molecule has 0 aromatic rings. The molecule has 0 aromatic heterocycles. The maximum Gasteiger partial charge on any atom is 0.330 e. The molecular formula is C19H31N3O5. The topological polar surface area (TPSA) is 128 Å². The molecule has 2 saturated carbocycles. The summed E-state index contributed by atoms with van der Waals surface area (Å²) in [5.41, 5.74) is -0.935. The lowest BCUT2D eigenvalue weighted by molar-refractivity contribution is -0.163. The summed E-state index contributed by atoms with van der Waals surface area (Å²) in [7, 11) is 0. The molecule has 2 aliphatic carbocycles. The van der Waals surface area contributed by atoms with Crippen molar-refractivity contribution < 1.29 is 14.4 Å². The number of rotatable bonds is 13. The molecule has 0 aliphatic heterocycles. The van der Waals surface area contributed by atoms with Crippen LogP contribution in [0.25, 0.3) is 0 Å². The average molecular weight is 381 g/mol. The first-order chi connectivity index (χ1) is 13.0. The Bertz CT molecular complexity index is 543. The standard InChI is InChI=1S/C19H31N3O5/c20-27-17(24)19(13-6-14-19)10-4-2-8-15(21-25)7-1-3-9-18(11-5-12-18)16(23)22-26/h15H,1-14,20H2. The molecule has 2 rings (SSSR count). The third-order valence-corrected chi connectivity index (χ3v) is 6.73. The van der Waals surface area contributed by atoms with Gasteiger partial charge < -0.3 is 4.84 Å². The van der Waals surface area contributed by atoms with Crippen molar-refractivity contribution in [3.05, 3.63) is 9.81 Å². The summed E-state index contributed by atoms with van der Waals surface area (Å²) in [5, 5.41) is 5.84. The average Bonchev–Trinajstić information content (AvgIpc) is 2.62. The Hall–Kier alpha value is -1.70. The first-order valence-electron chi connectivity index (χ1n) is 10.1. The van der Waals surface area contributed by atoms with Gasteiger partial charge in [-0.15, -0.1) is 4.91 Å². The molecule has 1 atom stereocenters. The molecule has 0 bridgehead atoms. The number of carbonyl (C=O) groups is 2. The van der Waals surface area contributed by atoms with Gasteiger partial charge in [-0.1, -0.05) is 43.7 Å². The Labute approximate surface area is 159 Å². The van der Waals surface area contributed by atoms with Crippen molar-refractivity contribution in [1.29, 1.82) is 0 Å². The van der Waals surface area contributed by atoms with Crippen molar-refractivity contribution in [1.82, 2.24) is 0 Å². The molecule has 152 valence electrons. The van der Waals surface area contributed by atoms with Crippen molar-refractivity contribution >= 4 is 11.9 Å². The van der Waals surface area contributed by atoms with Crippen LogP contribution in [-0.2, 0) is 14.4 Å². The van der Waals surface area contributed by atoms with Gasteiger partial charge in [-0.05, 0) is 51.4 Å². The molecule has 27 heavy (non-hydrogen) atoms. The minimum atomic E-state index is -0.527. The Kier molecular flexibility index (Phi) is 8.01. The lowest BCUT2D eigenvalue weighted by Crippen LogP contribution is -2.40. The number of nitrogens with zero attached hydrogens (tertiary/aromatic N) is 2. The van der Waals surface area contributed by atoms with Gasteiger partial charge in [0.05, 0.1) is 16.9 Å². The zero-order valence-electron chi connectivity index (χ0n) is 16.0. The number of nitroso groups, excluding NO2 is 2. The van der Waals surface area contributed by atoms with Crippen molar-refractivity contribution in [3.8, 4) is 0 Å². The predicted octanol–water partition coefficient (Wildman–Crippen LogP) is 4.29. The van der Waals surface area contributed by atoms with E-state index >= 15 is 0 Å². The first-order valence-corrected chi connectivity index (χ1v) is 10.1. The second-order valence-electron chi connectivity index (χ2n) is 8.32. The van der Waals surface area contributed by atoms with Gasteiger partial charge in [-0.3, -0.25) is 4.79 Å². The third-order valence-electron chi connectivity index (χ3n) is 6.73. The smallest absolute Gasteiger partial charge is 0.330 e. The molecular weight excluding hydrogens is 350 g/mol. The minimum absolute atomic E-state index is 0.235. The van der Waals surface area contributed by atoms with Crippen molar-refractivity contribution in [2.45, 2.75) is 95.9 Å². The van der Waals surface area contributed by atoms with Crippen LogP contribution in [0.2, 0.25) is 0 Å². The Morgan fingerprint density at radius 3 is 1.78 bits per heavy atom. The summed E-state index contributed by atoms with van der Waals surface area (Å²) in [6, 6.07) is -0.235. The van der Waals surface area contributed by atoms with Gasteiger partial charge in [0, 0.05) is 5.18 Å². The number of hydrogen-bond donors (Lipinski definition) is 1. The van der Waals surface area contributed by atoms with E-state index in [2.05, 4.69) is 15.2 Å². The second-order valence-corrected chi connectivity index (χ2v) is 8.32. The van der Waals surface area contributed by atoms with E-state index in [0.717, 1.165) is 70.6 Å². The van der Waals surface area contributed by atoms with Crippen LogP contribution in [0.3, 0.4) is 0 Å². The summed E-state index contributed by atoms with van der Waals surface area (Å²) >= 11 is 0. The molecule has 1 unspecified atom stereocenters. The van der Waals surface area contributed by atoms with Crippen LogP contribution in [0, 0.1) is 20.6 Å². The highest BCUT2D eigenvalue weighted by atomic mass is 16.7. The zero-order valence-corrected chi connectivity index (χ0v) is 16.0. The van der Waals surface area contributed by atoms with Gasteiger partial charge in [0.2, 0.25) is 0 Å². The number of hydrogen-bond acceptors (Lipinski definition) is 7. The highest BCUT2D eigenvalue weighted by Gasteiger charge is 2.45. The lowest BCUT2D eigenvalue weighted by Gasteiger charge is -2.38. The normalized spacial score (nSPS) is 20.6. The fourth-order valence-electron chi connectivity index (χ4n) is 4.49. The van der Waals surface area contributed by atoms with Gasteiger partial charge in [0.15, 0.2) is 0 Å². The maximum absolute atomic E-state index is 11.8. The summed E-state index contributed by atoms with van der Waals surface area (Å²) in [6.45, 7) is 0. The second kappa shape index (κ2) is 10.0. The largest absolute Gasteiger partial charge is 0.373 e. The highest BCUT2D eigenvalue weighted by molar-refractivity contribution is 5.84. The van der Waals surface area contributed by atoms with E-state index in [1.807, 2.05) is 0 Å². The van der Waals surface area contributed by atoms with E-state index in [0.29, 0.717) is 19.3 Å². The zero-order chi connectivity index (χ0) is 19.8. The van der Waals surface area contributed by atoms with Crippen molar-refractivity contribution in [3.63, 3.8) is 0 Å². The van der Waals surface area contributed by atoms with Gasteiger partial charge >= 0.3 is 5.97 Å². The molecule has 0 heterocycles. The molecule has 0 saturated heterocycles. The van der Waals surface area contributed by atoms with E-state index in [1.54, 1.807) is 0 Å². The Morgan fingerprint density at radius 2 is 1.41 bits per heavy atom. The molecule has 1 amide bonds. The molecule has 2 fully saturated rings. The predicted molar refractivity (Wildman–Crippen MR) is 100 cm³/mol. The van der Waals surface area contributed by atoms with Crippen LogP contribution in [0.4, 0.5) is 0 Å². The van der Waals surface area contributed by atoms with Crippen LogP contribution in [0.15, 0.2) is 10.4 Å². The van der Waals surface area contributed by atoms with Crippen molar-refractivity contribution in [2.75, 3.05) is 0 Å². The Morgan fingerprint density at radius 1 is 0.889 bits per heavy atom. The molecule has 2 aliphatic rings. The molecule has 0 radical (unpaired) electrons. The fourth-order valence-corrected chi connectivity index (χ4v) is 4.49. The van der Waals surface area contributed by atoms with Crippen LogP contribution >= 0.6 is 0 Å². The van der Waals surface area contributed by atoms with E-state index in [9.17, 15) is 19.4 Å². The van der Waals surface area contributed by atoms with E-state index in [4.69, 9.17) is 5.90 Å². The summed E-state index contributed by atoms with van der Waals surface area (Å²) in [5.74, 6) is 4.20. The summed E-state index contributed by atoms with van der Waals surface area (Å²) in [6.07, 6.45) is 11.3.